The van der Waals surface area contributed by atoms with Crippen LogP contribution in [0.3, 0.4) is 0 Å². The van der Waals surface area contributed by atoms with Crippen molar-refractivity contribution in [2.75, 3.05) is 0 Å². The summed E-state index contributed by atoms with van der Waals surface area (Å²) in [6.45, 7) is 2.23. The van der Waals surface area contributed by atoms with Crippen LogP contribution in [-0.4, -0.2) is 17.4 Å². The molecule has 1 heterocycles. The third-order valence-corrected chi connectivity index (χ3v) is 3.48. The molecule has 0 aliphatic carbocycles. The van der Waals surface area contributed by atoms with Crippen LogP contribution in [0.1, 0.15) is 71.1 Å². The van der Waals surface area contributed by atoms with Crippen LogP contribution in [0.15, 0.2) is 0 Å². The summed E-state index contributed by atoms with van der Waals surface area (Å²) >= 11 is 0. The predicted octanol–water partition coefficient (Wildman–Crippen LogP) is 3.40. The van der Waals surface area contributed by atoms with Gasteiger partial charge in [0, 0.05) is 6.42 Å². The molecule has 0 bridgehead atoms. The molecule has 2 atom stereocenters. The smallest absolute Gasteiger partial charge is 0.311 e. The van der Waals surface area contributed by atoms with E-state index in [1.165, 1.54) is 44.9 Å². The highest BCUT2D eigenvalue weighted by Gasteiger charge is 2.32. The number of unbranched alkanes of at least 4 members (excludes halogenated alkanes) is 7. The highest BCUT2D eigenvalue weighted by Crippen LogP contribution is 2.24. The van der Waals surface area contributed by atoms with Gasteiger partial charge >= 0.3 is 5.97 Å². The van der Waals surface area contributed by atoms with Gasteiger partial charge in [-0.15, -0.1) is 0 Å². The van der Waals surface area contributed by atoms with Crippen LogP contribution >= 0.6 is 0 Å². The molecular weight excluding hydrogens is 216 g/mol. The molecule has 0 aromatic heterocycles. The lowest BCUT2D eigenvalue weighted by molar-refractivity contribution is -0.155. The highest BCUT2D eigenvalue weighted by atomic mass is 16.6. The highest BCUT2D eigenvalue weighted by molar-refractivity contribution is 5.74. The number of hydrogen-bond donors (Lipinski definition) is 1. The third kappa shape index (κ3) is 6.06. The van der Waals surface area contributed by atoms with E-state index in [2.05, 4.69) is 6.92 Å². The van der Waals surface area contributed by atoms with Gasteiger partial charge in [-0.3, -0.25) is 4.79 Å². The van der Waals surface area contributed by atoms with Crippen molar-refractivity contribution < 1.29 is 14.6 Å². The Kier molecular flexibility index (Phi) is 7.25. The molecule has 0 spiro atoms. The molecule has 3 heteroatoms. The van der Waals surface area contributed by atoms with Crippen molar-refractivity contribution in [2.24, 2.45) is 5.92 Å². The fourth-order valence-electron chi connectivity index (χ4n) is 2.38. The summed E-state index contributed by atoms with van der Waals surface area (Å²) in [4.78, 5) is 11.2. The molecule has 0 aromatic carbocycles. The lowest BCUT2D eigenvalue weighted by atomic mass is 9.98. The molecule has 17 heavy (non-hydrogen) atoms. The van der Waals surface area contributed by atoms with Gasteiger partial charge in [0.15, 0.2) is 0 Å². The monoisotopic (exact) mass is 242 g/mol. The predicted molar refractivity (Wildman–Crippen MR) is 67.4 cm³/mol. The van der Waals surface area contributed by atoms with Gasteiger partial charge in [-0.2, -0.15) is 0 Å². The number of hydrogen-bond acceptors (Lipinski definition) is 3. The molecule has 1 rings (SSSR count). The van der Waals surface area contributed by atoms with Gasteiger partial charge in [0.05, 0.1) is 5.92 Å². The second-order valence-corrected chi connectivity index (χ2v) is 5.09. The third-order valence-electron chi connectivity index (χ3n) is 3.48. The number of carbonyl (C=O) groups is 1. The molecular formula is C14H26O3. The molecule has 1 saturated heterocycles. The Bertz CT molecular complexity index is 216. The maximum absolute atomic E-state index is 11.2. The van der Waals surface area contributed by atoms with Crippen LogP contribution in [-0.2, 0) is 9.53 Å². The Balaban J connectivity index is 1.89. The van der Waals surface area contributed by atoms with Crippen molar-refractivity contribution in [1.29, 1.82) is 0 Å². The number of aliphatic hydroxyl groups excluding tert-OH is 1. The van der Waals surface area contributed by atoms with Gasteiger partial charge in [0.2, 0.25) is 6.29 Å². The Hall–Kier alpha value is -0.570. The molecule has 0 amide bonds. The standard InChI is InChI=1S/C14H26O3/c1-2-3-4-5-6-7-8-9-10-12-11-13(15)17-14(12)16/h12-13,15H,2-11H2,1H3. The molecule has 1 N–H and O–H groups in total. The summed E-state index contributed by atoms with van der Waals surface area (Å²) in [5.41, 5.74) is 0. The topological polar surface area (TPSA) is 46.5 Å². The van der Waals surface area contributed by atoms with Gasteiger partial charge in [-0.1, -0.05) is 58.3 Å². The van der Waals surface area contributed by atoms with Gasteiger partial charge in [-0.05, 0) is 6.42 Å². The lowest BCUT2D eigenvalue weighted by Gasteiger charge is -2.04. The number of ether oxygens (including phenoxy) is 1. The minimum Gasteiger partial charge on any atom is -0.436 e. The van der Waals surface area contributed by atoms with Crippen molar-refractivity contribution in [3.8, 4) is 0 Å². The fourth-order valence-corrected chi connectivity index (χ4v) is 2.38. The second-order valence-electron chi connectivity index (χ2n) is 5.09. The second kappa shape index (κ2) is 8.51. The van der Waals surface area contributed by atoms with Crippen LogP contribution in [0.5, 0.6) is 0 Å². The van der Waals surface area contributed by atoms with E-state index in [-0.39, 0.29) is 11.9 Å². The van der Waals surface area contributed by atoms with Crippen LogP contribution in [0, 0.1) is 5.92 Å². The minimum atomic E-state index is -0.846. The van der Waals surface area contributed by atoms with Crippen molar-refractivity contribution in [2.45, 2.75) is 77.4 Å². The van der Waals surface area contributed by atoms with E-state index in [0.29, 0.717) is 6.42 Å². The molecule has 0 saturated carbocycles. The fraction of sp³-hybridized carbons (Fsp3) is 0.929. The summed E-state index contributed by atoms with van der Waals surface area (Å²) in [6.07, 6.45) is 10.8. The number of cyclic esters (lactones) is 1. The van der Waals surface area contributed by atoms with Crippen LogP contribution in [0.4, 0.5) is 0 Å². The number of carbonyl (C=O) groups excluding carboxylic acids is 1. The van der Waals surface area contributed by atoms with Crippen LogP contribution in [0.25, 0.3) is 0 Å². The Morgan fingerprint density at radius 3 is 2.24 bits per heavy atom. The first-order chi connectivity index (χ1) is 8.24. The summed E-state index contributed by atoms with van der Waals surface area (Å²) < 4.78 is 4.71. The van der Waals surface area contributed by atoms with Gasteiger partial charge in [0.1, 0.15) is 0 Å². The maximum atomic E-state index is 11.2. The lowest BCUT2D eigenvalue weighted by Crippen LogP contribution is -2.07. The van der Waals surface area contributed by atoms with E-state index in [4.69, 9.17) is 9.84 Å². The zero-order valence-electron chi connectivity index (χ0n) is 11.0. The van der Waals surface area contributed by atoms with Crippen molar-refractivity contribution in [3.05, 3.63) is 0 Å². The molecule has 3 nitrogen and oxygen atoms in total. The summed E-state index contributed by atoms with van der Waals surface area (Å²) in [5, 5.41) is 9.15. The zero-order chi connectivity index (χ0) is 12.5. The average Bonchev–Trinajstić information content (AvgIpc) is 2.61. The van der Waals surface area contributed by atoms with Crippen LogP contribution < -0.4 is 0 Å². The minimum absolute atomic E-state index is 0.0508. The molecule has 0 aromatic rings. The summed E-state index contributed by atoms with van der Waals surface area (Å²) in [7, 11) is 0. The quantitative estimate of drug-likeness (QED) is 0.498. The SMILES string of the molecule is CCCCCCCCCCC1CC(O)OC1=O. The van der Waals surface area contributed by atoms with E-state index in [1.807, 2.05) is 0 Å². The molecule has 100 valence electrons. The van der Waals surface area contributed by atoms with E-state index in [1.54, 1.807) is 0 Å². The maximum Gasteiger partial charge on any atom is 0.311 e. The average molecular weight is 242 g/mol. The summed E-state index contributed by atoms with van der Waals surface area (Å²) in [5.74, 6) is -0.259. The van der Waals surface area contributed by atoms with E-state index in [9.17, 15) is 4.79 Å². The zero-order valence-corrected chi connectivity index (χ0v) is 11.0. The largest absolute Gasteiger partial charge is 0.436 e. The van der Waals surface area contributed by atoms with Crippen molar-refractivity contribution in [3.63, 3.8) is 0 Å². The number of aliphatic hydroxyl groups is 1. The molecule has 1 aliphatic rings. The first-order valence-electron chi connectivity index (χ1n) is 7.12. The van der Waals surface area contributed by atoms with Gasteiger partial charge < -0.3 is 9.84 Å². The van der Waals surface area contributed by atoms with E-state index < -0.39 is 6.29 Å². The molecule has 1 fully saturated rings. The normalized spacial score (nSPS) is 24.0. The number of esters is 1. The first-order valence-corrected chi connectivity index (χ1v) is 7.12. The Labute approximate surface area is 105 Å². The Morgan fingerprint density at radius 1 is 1.12 bits per heavy atom. The van der Waals surface area contributed by atoms with Gasteiger partial charge in [0.25, 0.3) is 0 Å². The Morgan fingerprint density at radius 2 is 1.71 bits per heavy atom. The first kappa shape index (κ1) is 14.5. The molecule has 1 aliphatic heterocycles. The molecule has 0 radical (unpaired) electrons. The van der Waals surface area contributed by atoms with Crippen molar-refractivity contribution in [1.82, 2.24) is 0 Å². The summed E-state index contributed by atoms with van der Waals surface area (Å²) in [6, 6.07) is 0. The van der Waals surface area contributed by atoms with E-state index in [0.717, 1.165) is 12.8 Å². The molecule has 2 unspecified atom stereocenters. The number of rotatable bonds is 9. The van der Waals surface area contributed by atoms with Crippen molar-refractivity contribution >= 4 is 5.97 Å². The van der Waals surface area contributed by atoms with E-state index >= 15 is 0 Å². The van der Waals surface area contributed by atoms with Gasteiger partial charge in [-0.25, -0.2) is 0 Å². The van der Waals surface area contributed by atoms with Crippen LogP contribution in [0.2, 0.25) is 0 Å².